The zero-order chi connectivity index (χ0) is 15.5. The summed E-state index contributed by atoms with van der Waals surface area (Å²) in [5.41, 5.74) is 1.43. The summed E-state index contributed by atoms with van der Waals surface area (Å²) in [4.78, 5) is 24.2. The van der Waals surface area contributed by atoms with Gasteiger partial charge in [0.05, 0.1) is 10.5 Å². The number of carbonyl (C=O) groups excluding carboxylic acids is 1. The van der Waals surface area contributed by atoms with Gasteiger partial charge in [0.15, 0.2) is 0 Å². The van der Waals surface area contributed by atoms with E-state index in [-0.39, 0.29) is 11.6 Å². The van der Waals surface area contributed by atoms with E-state index >= 15 is 0 Å². The third kappa shape index (κ3) is 2.89. The number of fused-ring (bicyclic) bond motifs is 2. The fourth-order valence-corrected chi connectivity index (χ4v) is 3.27. The highest BCUT2D eigenvalue weighted by Gasteiger charge is 2.17. The van der Waals surface area contributed by atoms with E-state index in [0.717, 1.165) is 15.5 Å². The van der Waals surface area contributed by atoms with Crippen molar-refractivity contribution in [1.82, 2.24) is 5.32 Å². The molecule has 2 aromatic rings. The second-order valence-electron chi connectivity index (χ2n) is 4.72. The standard InChI is InChI=1S/C15H13N3O3S/c19-15-11-3-1-2-4-13(11)22-14-9-10(18(20)21)5-6-12(14)16-7-8-17-15/h1-6,9,16H,7-8H2,(H,17,19). The number of rotatable bonds is 1. The highest BCUT2D eigenvalue weighted by molar-refractivity contribution is 7.99. The van der Waals surface area contributed by atoms with Gasteiger partial charge >= 0.3 is 0 Å². The van der Waals surface area contributed by atoms with Crippen LogP contribution in [0.4, 0.5) is 11.4 Å². The van der Waals surface area contributed by atoms with E-state index in [2.05, 4.69) is 10.6 Å². The number of non-ortho nitro benzene ring substituents is 1. The third-order valence-electron chi connectivity index (χ3n) is 3.25. The van der Waals surface area contributed by atoms with Gasteiger partial charge in [-0.05, 0) is 18.2 Å². The van der Waals surface area contributed by atoms with Gasteiger partial charge in [0, 0.05) is 40.7 Å². The molecule has 0 fully saturated rings. The van der Waals surface area contributed by atoms with Crippen LogP contribution in [-0.4, -0.2) is 23.9 Å². The highest BCUT2D eigenvalue weighted by Crippen LogP contribution is 2.37. The zero-order valence-corrected chi connectivity index (χ0v) is 12.4. The number of nitrogens with one attached hydrogen (secondary N) is 2. The molecule has 0 saturated heterocycles. The molecule has 6 nitrogen and oxygen atoms in total. The molecule has 22 heavy (non-hydrogen) atoms. The van der Waals surface area contributed by atoms with E-state index in [0.29, 0.717) is 18.7 Å². The number of benzene rings is 2. The molecule has 0 spiro atoms. The van der Waals surface area contributed by atoms with Crippen LogP contribution in [0.25, 0.3) is 0 Å². The number of nitro benzene ring substituents is 1. The first-order valence-corrected chi connectivity index (χ1v) is 7.54. The number of hydrogen-bond acceptors (Lipinski definition) is 5. The summed E-state index contributed by atoms with van der Waals surface area (Å²) in [6.07, 6.45) is 0. The van der Waals surface area contributed by atoms with Crippen molar-refractivity contribution in [3.8, 4) is 0 Å². The molecule has 2 N–H and O–H groups in total. The Morgan fingerprint density at radius 2 is 1.82 bits per heavy atom. The quantitative estimate of drug-likeness (QED) is 0.624. The predicted molar refractivity (Wildman–Crippen MR) is 84.5 cm³/mol. The summed E-state index contributed by atoms with van der Waals surface area (Å²) in [5, 5.41) is 17.0. The van der Waals surface area contributed by atoms with E-state index < -0.39 is 4.92 Å². The Kier molecular flexibility index (Phi) is 3.97. The third-order valence-corrected chi connectivity index (χ3v) is 4.39. The maximum Gasteiger partial charge on any atom is 0.270 e. The summed E-state index contributed by atoms with van der Waals surface area (Å²) >= 11 is 1.35. The molecule has 0 aromatic heterocycles. The Morgan fingerprint density at radius 1 is 1.05 bits per heavy atom. The van der Waals surface area contributed by atoms with Crippen LogP contribution in [0, 0.1) is 10.1 Å². The molecule has 0 aliphatic carbocycles. The highest BCUT2D eigenvalue weighted by atomic mass is 32.2. The van der Waals surface area contributed by atoms with Crippen LogP contribution in [-0.2, 0) is 0 Å². The van der Waals surface area contributed by atoms with Crippen LogP contribution in [0.2, 0.25) is 0 Å². The first-order chi connectivity index (χ1) is 10.6. The molecular weight excluding hydrogens is 302 g/mol. The Balaban J connectivity index is 2.08. The number of carbonyl (C=O) groups is 1. The van der Waals surface area contributed by atoms with E-state index in [1.807, 2.05) is 12.1 Å². The van der Waals surface area contributed by atoms with Crippen molar-refractivity contribution < 1.29 is 9.72 Å². The molecular formula is C15H13N3O3S. The van der Waals surface area contributed by atoms with Crippen molar-refractivity contribution in [2.45, 2.75) is 9.79 Å². The first kappa shape index (κ1) is 14.4. The van der Waals surface area contributed by atoms with Gasteiger partial charge in [-0.1, -0.05) is 23.9 Å². The molecule has 1 heterocycles. The van der Waals surface area contributed by atoms with Gasteiger partial charge in [-0.25, -0.2) is 0 Å². The van der Waals surface area contributed by atoms with Gasteiger partial charge in [0.1, 0.15) is 0 Å². The molecule has 1 aliphatic rings. The SMILES string of the molecule is O=C1NCCNc2ccc([N+](=O)[O-])cc2Sc2ccccc21. The molecule has 112 valence electrons. The second-order valence-corrected chi connectivity index (χ2v) is 5.80. The molecule has 0 saturated carbocycles. The minimum absolute atomic E-state index is 0.0343. The Labute approximate surface area is 131 Å². The van der Waals surface area contributed by atoms with Crippen molar-refractivity contribution in [2.75, 3.05) is 18.4 Å². The number of nitrogens with zero attached hydrogens (tertiary/aromatic N) is 1. The summed E-state index contributed by atoms with van der Waals surface area (Å²) < 4.78 is 0. The van der Waals surface area contributed by atoms with Crippen LogP contribution in [0.1, 0.15) is 10.4 Å². The van der Waals surface area contributed by atoms with Gasteiger partial charge in [-0.2, -0.15) is 0 Å². The summed E-state index contributed by atoms with van der Waals surface area (Å²) in [6, 6.07) is 11.9. The molecule has 0 atom stereocenters. The van der Waals surface area contributed by atoms with Gasteiger partial charge in [-0.15, -0.1) is 0 Å². The van der Waals surface area contributed by atoms with Crippen molar-refractivity contribution >= 4 is 29.0 Å². The predicted octanol–water partition coefficient (Wildman–Crippen LogP) is 2.90. The van der Waals surface area contributed by atoms with Gasteiger partial charge in [0.2, 0.25) is 0 Å². The number of amides is 1. The van der Waals surface area contributed by atoms with Crippen molar-refractivity contribution in [1.29, 1.82) is 0 Å². The van der Waals surface area contributed by atoms with Gasteiger partial charge in [0.25, 0.3) is 11.6 Å². The zero-order valence-electron chi connectivity index (χ0n) is 11.5. The van der Waals surface area contributed by atoms with Crippen LogP contribution in [0.5, 0.6) is 0 Å². The fraction of sp³-hybridized carbons (Fsp3) is 0.133. The molecule has 0 bridgehead atoms. The Morgan fingerprint density at radius 3 is 2.64 bits per heavy atom. The Hall–Kier alpha value is -2.54. The van der Waals surface area contributed by atoms with E-state index in [9.17, 15) is 14.9 Å². The summed E-state index contributed by atoms with van der Waals surface area (Å²) in [6.45, 7) is 1.04. The largest absolute Gasteiger partial charge is 0.382 e. The Bertz CT molecular complexity index is 749. The maximum atomic E-state index is 12.2. The summed E-state index contributed by atoms with van der Waals surface area (Å²) in [5.74, 6) is -0.140. The fourth-order valence-electron chi connectivity index (χ4n) is 2.19. The van der Waals surface area contributed by atoms with Gasteiger partial charge in [-0.3, -0.25) is 14.9 Å². The van der Waals surface area contributed by atoms with E-state index in [1.165, 1.54) is 23.9 Å². The van der Waals surface area contributed by atoms with Crippen LogP contribution >= 0.6 is 11.8 Å². The lowest BCUT2D eigenvalue weighted by atomic mass is 10.2. The maximum absolute atomic E-state index is 12.2. The average molecular weight is 315 g/mol. The molecule has 1 aliphatic heterocycles. The molecule has 7 heteroatoms. The lowest BCUT2D eigenvalue weighted by Gasteiger charge is -2.16. The normalized spacial score (nSPS) is 14.1. The minimum atomic E-state index is -0.418. The van der Waals surface area contributed by atoms with Gasteiger partial charge < -0.3 is 10.6 Å². The lowest BCUT2D eigenvalue weighted by Crippen LogP contribution is -2.29. The minimum Gasteiger partial charge on any atom is -0.382 e. The van der Waals surface area contributed by atoms with Crippen LogP contribution in [0.3, 0.4) is 0 Å². The van der Waals surface area contributed by atoms with Crippen molar-refractivity contribution in [2.24, 2.45) is 0 Å². The number of hydrogen-bond donors (Lipinski definition) is 2. The monoisotopic (exact) mass is 315 g/mol. The molecule has 3 rings (SSSR count). The van der Waals surface area contributed by atoms with Crippen LogP contribution < -0.4 is 10.6 Å². The van der Waals surface area contributed by atoms with Crippen molar-refractivity contribution in [3.63, 3.8) is 0 Å². The molecule has 2 aromatic carbocycles. The van der Waals surface area contributed by atoms with Crippen LogP contribution in [0.15, 0.2) is 52.3 Å². The topological polar surface area (TPSA) is 84.3 Å². The molecule has 0 radical (unpaired) electrons. The van der Waals surface area contributed by atoms with E-state index in [4.69, 9.17) is 0 Å². The average Bonchev–Trinajstić information content (AvgIpc) is 2.52. The summed E-state index contributed by atoms with van der Waals surface area (Å²) in [7, 11) is 0. The first-order valence-electron chi connectivity index (χ1n) is 6.72. The van der Waals surface area contributed by atoms with Crippen molar-refractivity contribution in [3.05, 3.63) is 58.1 Å². The smallest absolute Gasteiger partial charge is 0.270 e. The lowest BCUT2D eigenvalue weighted by molar-refractivity contribution is -0.385. The number of nitro groups is 1. The number of anilines is 1. The molecule has 0 unspecified atom stereocenters. The molecule has 1 amide bonds. The van der Waals surface area contributed by atoms with E-state index in [1.54, 1.807) is 18.2 Å². The second kappa shape index (κ2) is 6.07.